The van der Waals surface area contributed by atoms with E-state index in [1.165, 1.54) is 96.3 Å². The molecule has 0 bridgehead atoms. The molecule has 0 amide bonds. The Morgan fingerprint density at radius 3 is 1.67 bits per heavy atom. The van der Waals surface area contributed by atoms with Crippen molar-refractivity contribution in [3.05, 3.63) is 12.2 Å². The minimum Gasteiger partial charge on any atom is -0.550 e. The number of rotatable bonds is 20. The van der Waals surface area contributed by atoms with Gasteiger partial charge in [0.1, 0.15) is 6.61 Å². The van der Waals surface area contributed by atoms with Crippen molar-refractivity contribution in [3.8, 4) is 0 Å². The molecule has 1 rings (SSSR count). The van der Waals surface area contributed by atoms with E-state index in [2.05, 4.69) is 13.0 Å². The number of allylic oxidation sites excluding steroid dienone is 1. The molecule has 0 aliphatic heterocycles. The summed E-state index contributed by atoms with van der Waals surface area (Å²) in [6, 6.07) is 0. The van der Waals surface area contributed by atoms with Crippen LogP contribution in [0.15, 0.2) is 12.2 Å². The number of carbonyl (C=O) groups is 2. The smallest absolute Gasteiger partial charge is 0.550 e. The zero-order valence-electron chi connectivity index (χ0n) is 21.8. The minimum absolute atomic E-state index is 0. The average molecular weight is 473 g/mol. The third-order valence-electron chi connectivity index (χ3n) is 6.83. The molecule has 0 radical (unpaired) electrons. The van der Waals surface area contributed by atoms with Gasteiger partial charge in [0, 0.05) is 11.9 Å². The maximum atomic E-state index is 12.1. The van der Waals surface area contributed by atoms with E-state index in [0.29, 0.717) is 12.8 Å². The number of carboxylic acid groups (broad SMARTS) is 1. The molecule has 186 valence electrons. The first-order valence-electron chi connectivity index (χ1n) is 13.7. The van der Waals surface area contributed by atoms with Crippen LogP contribution in [-0.4, -0.2) is 18.5 Å². The van der Waals surface area contributed by atoms with Gasteiger partial charge < -0.3 is 14.6 Å². The fourth-order valence-electron chi connectivity index (χ4n) is 4.75. The number of carboxylic acids is 1. The molecule has 5 heteroatoms. The van der Waals surface area contributed by atoms with E-state index in [-0.39, 0.29) is 42.1 Å². The van der Waals surface area contributed by atoms with Crippen molar-refractivity contribution < 1.29 is 49.0 Å². The van der Waals surface area contributed by atoms with Crippen molar-refractivity contribution in [2.45, 2.75) is 135 Å². The maximum Gasteiger partial charge on any atom is 1.00 e. The topological polar surface area (TPSA) is 66.4 Å². The largest absolute Gasteiger partial charge is 1.00 e. The summed E-state index contributed by atoms with van der Waals surface area (Å²) in [6.45, 7) is 2.52. The van der Waals surface area contributed by atoms with Gasteiger partial charge in [0.25, 0.3) is 0 Å². The van der Waals surface area contributed by atoms with E-state index < -0.39 is 17.8 Å². The van der Waals surface area contributed by atoms with Crippen LogP contribution in [0.4, 0.5) is 0 Å². The second kappa shape index (κ2) is 23.4. The molecule has 0 aromatic rings. The van der Waals surface area contributed by atoms with Crippen LogP contribution in [0.3, 0.4) is 0 Å². The normalized spacial score (nSPS) is 18.2. The van der Waals surface area contributed by atoms with Crippen LogP contribution < -0.4 is 34.7 Å². The third-order valence-corrected chi connectivity index (χ3v) is 6.83. The Hall–Kier alpha value is -0.320. The van der Waals surface area contributed by atoms with E-state index in [1.807, 2.05) is 6.08 Å². The minimum atomic E-state index is -1.12. The van der Waals surface area contributed by atoms with E-state index in [0.717, 1.165) is 19.3 Å². The number of hydrogen-bond donors (Lipinski definition) is 0. The second-order valence-corrected chi connectivity index (χ2v) is 9.66. The summed E-state index contributed by atoms with van der Waals surface area (Å²) >= 11 is 0. The molecule has 0 saturated heterocycles. The van der Waals surface area contributed by atoms with E-state index in [4.69, 9.17) is 4.74 Å². The first-order chi connectivity index (χ1) is 15.7. The average Bonchev–Trinajstić information content (AvgIpc) is 2.80. The van der Waals surface area contributed by atoms with Crippen LogP contribution in [-0.2, 0) is 14.3 Å². The first-order valence-corrected chi connectivity index (χ1v) is 13.7. The molecular formula is C28H49NaO4. The van der Waals surface area contributed by atoms with Gasteiger partial charge in [-0.1, -0.05) is 122 Å². The molecule has 1 saturated carbocycles. The molecule has 0 aromatic carbocycles. The monoisotopic (exact) mass is 472 g/mol. The Kier molecular flexibility index (Phi) is 23.2. The number of hydrogen-bond acceptors (Lipinski definition) is 4. The molecule has 1 fully saturated rings. The number of aliphatic carboxylic acids is 1. The third kappa shape index (κ3) is 17.7. The summed E-state index contributed by atoms with van der Waals surface area (Å²) < 4.78 is 5.27. The van der Waals surface area contributed by atoms with Crippen molar-refractivity contribution in [3.63, 3.8) is 0 Å². The van der Waals surface area contributed by atoms with Crippen molar-refractivity contribution >= 4 is 11.9 Å². The maximum absolute atomic E-state index is 12.1. The van der Waals surface area contributed by atoms with Crippen LogP contribution in [0.25, 0.3) is 0 Å². The first kappa shape index (κ1) is 32.7. The van der Waals surface area contributed by atoms with Crippen LogP contribution in [0.1, 0.15) is 135 Å². The van der Waals surface area contributed by atoms with Crippen LogP contribution in [0, 0.1) is 11.8 Å². The van der Waals surface area contributed by atoms with Gasteiger partial charge in [-0.05, 0) is 25.7 Å². The molecular weight excluding hydrogens is 423 g/mol. The molecule has 2 atom stereocenters. The number of unbranched alkanes of at least 4 members (excludes halogenated alkanes) is 15. The van der Waals surface area contributed by atoms with Gasteiger partial charge in [-0.3, -0.25) is 4.79 Å². The molecule has 1 aliphatic rings. The number of carbonyl (C=O) groups excluding carboxylic acids is 2. The summed E-state index contributed by atoms with van der Waals surface area (Å²) in [5.74, 6) is -2.70. The molecule has 0 spiro atoms. The fraction of sp³-hybridized carbons (Fsp3) is 0.857. The Balaban J connectivity index is 0.0000102. The molecule has 0 heterocycles. The molecule has 0 N–H and O–H groups in total. The van der Waals surface area contributed by atoms with Crippen LogP contribution in [0.5, 0.6) is 0 Å². The van der Waals surface area contributed by atoms with Crippen molar-refractivity contribution in [1.29, 1.82) is 0 Å². The molecule has 0 aromatic heterocycles. The van der Waals surface area contributed by atoms with Gasteiger partial charge in [-0.15, -0.1) is 0 Å². The molecule has 4 nitrogen and oxygen atoms in total. The number of esters is 1. The summed E-state index contributed by atoms with van der Waals surface area (Å²) in [4.78, 5) is 23.3. The zero-order chi connectivity index (χ0) is 23.3. The van der Waals surface area contributed by atoms with Gasteiger partial charge in [0.05, 0.1) is 5.92 Å². The van der Waals surface area contributed by atoms with Crippen molar-refractivity contribution in [2.24, 2.45) is 11.8 Å². The summed E-state index contributed by atoms with van der Waals surface area (Å²) in [6.07, 6.45) is 28.4. The SMILES string of the molecule is CCCCCCCCCCCCCCCCC/C=C/COC(=O)C1CCCCC1C(=O)[O-].[Na+]. The Bertz CT molecular complexity index is 506. The van der Waals surface area contributed by atoms with Crippen LogP contribution in [0.2, 0.25) is 0 Å². The van der Waals surface area contributed by atoms with Crippen LogP contribution >= 0.6 is 0 Å². The van der Waals surface area contributed by atoms with Gasteiger partial charge >= 0.3 is 35.5 Å². The Morgan fingerprint density at radius 2 is 1.18 bits per heavy atom. The Morgan fingerprint density at radius 1 is 0.727 bits per heavy atom. The summed E-state index contributed by atoms with van der Waals surface area (Å²) in [5.41, 5.74) is 0. The van der Waals surface area contributed by atoms with Gasteiger partial charge in [0.15, 0.2) is 0 Å². The summed E-state index contributed by atoms with van der Waals surface area (Å²) in [5, 5.41) is 11.2. The van der Waals surface area contributed by atoms with Crippen molar-refractivity contribution in [1.82, 2.24) is 0 Å². The van der Waals surface area contributed by atoms with Gasteiger partial charge in [-0.2, -0.15) is 0 Å². The molecule has 2 unspecified atom stereocenters. The zero-order valence-corrected chi connectivity index (χ0v) is 23.8. The molecule has 33 heavy (non-hydrogen) atoms. The second-order valence-electron chi connectivity index (χ2n) is 9.66. The van der Waals surface area contributed by atoms with E-state index >= 15 is 0 Å². The predicted molar refractivity (Wildman–Crippen MR) is 130 cm³/mol. The van der Waals surface area contributed by atoms with Crippen molar-refractivity contribution in [2.75, 3.05) is 6.61 Å². The van der Waals surface area contributed by atoms with Gasteiger partial charge in [-0.25, -0.2) is 0 Å². The van der Waals surface area contributed by atoms with Gasteiger partial charge in [0.2, 0.25) is 0 Å². The Labute approximate surface area is 226 Å². The standard InChI is InChI=1S/C28H50O4.Na/c1-2-3-4-5-6-7-8-9-10-11-12-13-14-15-16-17-18-21-24-32-28(31)26-23-20-19-22-25(26)27(29)30;/h18,21,25-26H,2-17,19-20,22-24H2,1H3,(H,29,30);/q;+1/p-1/b21-18+;. The van der Waals surface area contributed by atoms with E-state index in [9.17, 15) is 14.7 Å². The molecule has 1 aliphatic carbocycles. The number of ether oxygens (including phenoxy) is 1. The fourth-order valence-corrected chi connectivity index (χ4v) is 4.75. The summed E-state index contributed by atoms with van der Waals surface area (Å²) in [7, 11) is 0. The van der Waals surface area contributed by atoms with E-state index in [1.54, 1.807) is 0 Å². The predicted octanol–water partition coefficient (Wildman–Crippen LogP) is 3.91. The quantitative estimate of drug-likeness (QED) is 0.117.